The lowest BCUT2D eigenvalue weighted by molar-refractivity contribution is 0.0774. The van der Waals surface area contributed by atoms with Crippen molar-refractivity contribution < 1.29 is 9.21 Å². The Labute approximate surface area is 145 Å². The van der Waals surface area contributed by atoms with Crippen molar-refractivity contribution >= 4 is 5.91 Å². The van der Waals surface area contributed by atoms with E-state index in [9.17, 15) is 4.79 Å². The normalized spacial score (nSPS) is 19.0. The van der Waals surface area contributed by atoms with Gasteiger partial charge in [0, 0.05) is 13.0 Å². The van der Waals surface area contributed by atoms with Gasteiger partial charge in [0.2, 0.25) is 0 Å². The Hall–Kier alpha value is -2.96. The molecule has 25 heavy (non-hydrogen) atoms. The van der Waals surface area contributed by atoms with Crippen LogP contribution in [0.15, 0.2) is 47.1 Å². The van der Waals surface area contributed by atoms with Gasteiger partial charge in [0.25, 0.3) is 5.91 Å². The number of amides is 1. The van der Waals surface area contributed by atoms with E-state index in [-0.39, 0.29) is 5.91 Å². The number of benzene rings is 1. The zero-order valence-electron chi connectivity index (χ0n) is 14.2. The van der Waals surface area contributed by atoms with Crippen molar-refractivity contribution in [3.8, 4) is 5.69 Å². The molecule has 2 heterocycles. The van der Waals surface area contributed by atoms with Crippen LogP contribution >= 0.6 is 0 Å². The van der Waals surface area contributed by atoms with Crippen molar-refractivity contribution in [1.82, 2.24) is 25.1 Å². The highest BCUT2D eigenvalue weighted by Gasteiger charge is 2.36. The van der Waals surface area contributed by atoms with Crippen molar-refractivity contribution in [2.75, 3.05) is 7.05 Å². The van der Waals surface area contributed by atoms with Gasteiger partial charge in [-0.1, -0.05) is 19.1 Å². The summed E-state index contributed by atoms with van der Waals surface area (Å²) in [5, 5.41) is 11.1. The van der Waals surface area contributed by atoms with Crippen LogP contribution in [-0.4, -0.2) is 38.1 Å². The number of carbonyl (C=O) groups excluding carboxylic acids is 1. The fraction of sp³-hybridized carbons (Fsp3) is 0.333. The van der Waals surface area contributed by atoms with Crippen molar-refractivity contribution in [3.05, 3.63) is 59.8 Å². The van der Waals surface area contributed by atoms with E-state index in [1.54, 1.807) is 18.0 Å². The molecule has 1 fully saturated rings. The van der Waals surface area contributed by atoms with E-state index < -0.39 is 0 Å². The smallest absolute Gasteiger partial charge is 0.256 e. The average molecular weight is 337 g/mol. The maximum atomic E-state index is 12.9. The molecule has 1 saturated carbocycles. The Morgan fingerprint density at radius 3 is 2.84 bits per heavy atom. The van der Waals surface area contributed by atoms with E-state index in [0.717, 1.165) is 11.5 Å². The fourth-order valence-electron chi connectivity index (χ4n) is 3.03. The largest absolute Gasteiger partial charge is 0.464 e. The Morgan fingerprint density at radius 2 is 2.12 bits per heavy atom. The summed E-state index contributed by atoms with van der Waals surface area (Å²) < 4.78 is 7.39. The van der Waals surface area contributed by atoms with E-state index >= 15 is 0 Å². The molecule has 0 bridgehead atoms. The minimum Gasteiger partial charge on any atom is -0.464 e. The van der Waals surface area contributed by atoms with E-state index in [1.165, 1.54) is 17.4 Å². The summed E-state index contributed by atoms with van der Waals surface area (Å²) in [6.07, 6.45) is 2.66. The molecule has 2 atom stereocenters. The van der Waals surface area contributed by atoms with Gasteiger partial charge in [0.05, 0.1) is 17.8 Å². The van der Waals surface area contributed by atoms with Crippen LogP contribution in [0, 0.1) is 5.92 Å². The number of furan rings is 1. The van der Waals surface area contributed by atoms with Crippen LogP contribution in [0.3, 0.4) is 0 Å². The minimum atomic E-state index is -0.108. The molecule has 0 saturated heterocycles. The van der Waals surface area contributed by atoms with E-state index in [4.69, 9.17) is 4.42 Å². The Morgan fingerprint density at radius 1 is 1.32 bits per heavy atom. The van der Waals surface area contributed by atoms with Crippen molar-refractivity contribution in [2.24, 2.45) is 5.92 Å². The summed E-state index contributed by atoms with van der Waals surface area (Å²) in [5.74, 6) is 2.95. The lowest BCUT2D eigenvalue weighted by atomic mass is 10.1. The Balaban J connectivity index is 1.52. The van der Waals surface area contributed by atoms with Gasteiger partial charge in [-0.2, -0.15) is 4.68 Å². The second-order valence-electron chi connectivity index (χ2n) is 6.56. The third kappa shape index (κ3) is 3.05. The number of hydrogen-bond acceptors (Lipinski definition) is 5. The molecule has 0 radical (unpaired) electrons. The van der Waals surface area contributed by atoms with Crippen LogP contribution in [0.5, 0.6) is 0 Å². The number of tetrazole rings is 1. The molecule has 0 N–H and O–H groups in total. The number of nitrogens with zero attached hydrogens (tertiary/aromatic N) is 5. The van der Waals surface area contributed by atoms with Gasteiger partial charge in [-0.3, -0.25) is 4.79 Å². The predicted octanol–water partition coefficient (Wildman–Crippen LogP) is 2.65. The number of para-hydroxylation sites is 1. The molecule has 4 rings (SSSR count). The van der Waals surface area contributed by atoms with Crippen molar-refractivity contribution in [3.63, 3.8) is 0 Å². The molecule has 1 aliphatic carbocycles. The quantitative estimate of drug-likeness (QED) is 0.715. The first-order valence-electron chi connectivity index (χ1n) is 8.30. The lowest BCUT2D eigenvalue weighted by Gasteiger charge is -2.17. The van der Waals surface area contributed by atoms with E-state index in [1.807, 2.05) is 30.3 Å². The number of aromatic nitrogens is 4. The van der Waals surface area contributed by atoms with Gasteiger partial charge in [-0.05, 0) is 47.0 Å². The van der Waals surface area contributed by atoms with Gasteiger partial charge >= 0.3 is 0 Å². The highest BCUT2D eigenvalue weighted by Crippen LogP contribution is 2.47. The maximum Gasteiger partial charge on any atom is 0.256 e. The van der Waals surface area contributed by atoms with Gasteiger partial charge in [0.1, 0.15) is 17.8 Å². The second-order valence-corrected chi connectivity index (χ2v) is 6.56. The molecule has 128 valence electrons. The standard InChI is InChI=1S/C18H19N5O2/c1-12-9-15(12)17-8-7-13(25-17)10-22(2)18(24)14-5-3-4-6-16(14)23-11-19-20-21-23/h3-8,11-12,15H,9-10H2,1-2H3/t12-,15-/m0/s1. The summed E-state index contributed by atoms with van der Waals surface area (Å²) in [5.41, 5.74) is 1.19. The van der Waals surface area contributed by atoms with Gasteiger partial charge in [0.15, 0.2) is 0 Å². The molecular formula is C18H19N5O2. The Kier molecular flexibility index (Phi) is 3.83. The lowest BCUT2D eigenvalue weighted by Crippen LogP contribution is -2.27. The molecule has 0 unspecified atom stereocenters. The topological polar surface area (TPSA) is 77.1 Å². The predicted molar refractivity (Wildman–Crippen MR) is 90.2 cm³/mol. The van der Waals surface area contributed by atoms with Gasteiger partial charge in [-0.15, -0.1) is 5.10 Å². The van der Waals surface area contributed by atoms with Gasteiger partial charge in [-0.25, -0.2) is 0 Å². The molecule has 0 spiro atoms. The fourth-order valence-corrected chi connectivity index (χ4v) is 3.03. The summed E-state index contributed by atoms with van der Waals surface area (Å²) in [6, 6.07) is 11.2. The first-order valence-corrected chi connectivity index (χ1v) is 8.30. The molecule has 2 aromatic heterocycles. The zero-order valence-corrected chi connectivity index (χ0v) is 14.2. The average Bonchev–Trinajstić information content (AvgIpc) is 3.05. The molecule has 0 aliphatic heterocycles. The van der Waals surface area contributed by atoms with E-state index in [0.29, 0.717) is 29.6 Å². The first kappa shape index (κ1) is 15.6. The summed E-state index contributed by atoms with van der Waals surface area (Å²) >= 11 is 0. The van der Waals surface area contributed by atoms with Crippen LogP contribution < -0.4 is 0 Å². The van der Waals surface area contributed by atoms with Crippen LogP contribution in [0.1, 0.15) is 41.1 Å². The van der Waals surface area contributed by atoms with Crippen LogP contribution in [-0.2, 0) is 6.54 Å². The van der Waals surface area contributed by atoms with Crippen LogP contribution in [0.25, 0.3) is 5.69 Å². The molecular weight excluding hydrogens is 318 g/mol. The first-order chi connectivity index (χ1) is 12.1. The van der Waals surface area contributed by atoms with Gasteiger partial charge < -0.3 is 9.32 Å². The van der Waals surface area contributed by atoms with E-state index in [2.05, 4.69) is 22.4 Å². The van der Waals surface area contributed by atoms with Crippen LogP contribution in [0.2, 0.25) is 0 Å². The molecule has 1 aliphatic rings. The molecule has 7 heteroatoms. The van der Waals surface area contributed by atoms with Crippen LogP contribution in [0.4, 0.5) is 0 Å². The SMILES string of the molecule is C[C@H]1C[C@@H]1c1ccc(CN(C)C(=O)c2ccccc2-n2cnnn2)o1. The maximum absolute atomic E-state index is 12.9. The second kappa shape index (κ2) is 6.16. The summed E-state index contributed by atoms with van der Waals surface area (Å²) in [6.45, 7) is 2.64. The number of hydrogen-bond donors (Lipinski definition) is 0. The molecule has 1 amide bonds. The van der Waals surface area contributed by atoms with Crippen molar-refractivity contribution in [1.29, 1.82) is 0 Å². The molecule has 3 aromatic rings. The third-order valence-corrected chi connectivity index (χ3v) is 4.63. The summed E-state index contributed by atoms with van der Waals surface area (Å²) in [7, 11) is 1.76. The molecule has 7 nitrogen and oxygen atoms in total. The number of rotatable bonds is 5. The summed E-state index contributed by atoms with van der Waals surface area (Å²) in [4.78, 5) is 14.5. The third-order valence-electron chi connectivity index (χ3n) is 4.63. The molecule has 1 aromatic carbocycles. The zero-order chi connectivity index (χ0) is 17.4. The minimum absolute atomic E-state index is 0.108. The highest BCUT2D eigenvalue weighted by molar-refractivity contribution is 5.97. The monoisotopic (exact) mass is 337 g/mol. The Bertz CT molecular complexity index is 887. The number of carbonyl (C=O) groups is 1. The highest BCUT2D eigenvalue weighted by atomic mass is 16.3. The van der Waals surface area contributed by atoms with Crippen molar-refractivity contribution in [2.45, 2.75) is 25.8 Å².